The first-order valence-electron chi connectivity index (χ1n) is 9.91. The molecule has 0 amide bonds. The molecule has 0 fully saturated rings. The first-order chi connectivity index (χ1) is 13.0. The van der Waals surface area contributed by atoms with Crippen molar-refractivity contribution < 1.29 is 4.57 Å². The van der Waals surface area contributed by atoms with Gasteiger partial charge in [0.2, 0.25) is 0 Å². The molecule has 0 aliphatic rings. The maximum atomic E-state index is 3.99. The van der Waals surface area contributed by atoms with Gasteiger partial charge in [0.25, 0.3) is 6.33 Å². The lowest BCUT2D eigenvalue weighted by molar-refractivity contribution is -0.594. The van der Waals surface area contributed by atoms with Crippen LogP contribution < -0.4 is 4.57 Å². The molecule has 1 aromatic heterocycles. The second-order valence-corrected chi connectivity index (χ2v) is 8.18. The van der Waals surface area contributed by atoms with Gasteiger partial charge >= 0.3 is 0 Å². The van der Waals surface area contributed by atoms with E-state index in [2.05, 4.69) is 104 Å². The van der Waals surface area contributed by atoms with Crippen molar-refractivity contribution in [3.63, 3.8) is 0 Å². The molecule has 0 spiro atoms. The highest BCUT2D eigenvalue weighted by Gasteiger charge is 2.15. The molecule has 27 heavy (non-hydrogen) atoms. The van der Waals surface area contributed by atoms with Gasteiger partial charge < -0.3 is 0 Å². The van der Waals surface area contributed by atoms with Crippen LogP contribution in [0.15, 0.2) is 67.6 Å². The van der Waals surface area contributed by atoms with E-state index >= 15 is 0 Å². The van der Waals surface area contributed by atoms with E-state index < -0.39 is 0 Å². The molecule has 0 aliphatic heterocycles. The highest BCUT2D eigenvalue weighted by Crippen LogP contribution is 2.16. The minimum atomic E-state index is 0.673. The Morgan fingerprint density at radius 1 is 0.852 bits per heavy atom. The summed E-state index contributed by atoms with van der Waals surface area (Å²) in [5.41, 5.74) is 6.18. The summed E-state index contributed by atoms with van der Waals surface area (Å²) >= 11 is 0. The minimum Gasteiger partial charge on any atom is -0.201 e. The van der Waals surface area contributed by atoms with Crippen LogP contribution >= 0.6 is 0 Å². The third-order valence-electron chi connectivity index (χ3n) is 4.74. The van der Waals surface area contributed by atoms with Gasteiger partial charge in [-0.2, -0.15) is 4.57 Å². The smallest absolute Gasteiger partial charge is 0.201 e. The van der Waals surface area contributed by atoms with Gasteiger partial charge in [0, 0.05) is 0 Å². The van der Waals surface area contributed by atoms with Gasteiger partial charge in [0.15, 0.2) is 5.69 Å². The van der Waals surface area contributed by atoms with Crippen molar-refractivity contribution in [2.75, 3.05) is 0 Å². The van der Waals surface area contributed by atoms with Crippen LogP contribution in [0.4, 0.5) is 0 Å². The Morgan fingerprint density at radius 2 is 1.37 bits per heavy atom. The zero-order valence-corrected chi connectivity index (χ0v) is 17.0. The molecule has 0 saturated carbocycles. The van der Waals surface area contributed by atoms with Crippen LogP contribution in [0.2, 0.25) is 0 Å². The number of hydrogen-bond donors (Lipinski definition) is 0. The molecule has 3 aromatic rings. The summed E-state index contributed by atoms with van der Waals surface area (Å²) in [6, 6.07) is 17.7. The Kier molecular flexibility index (Phi) is 5.95. The van der Waals surface area contributed by atoms with Crippen LogP contribution in [-0.2, 0) is 12.8 Å². The summed E-state index contributed by atoms with van der Waals surface area (Å²) in [5.74, 6) is 1.35. The Hall–Kier alpha value is -2.61. The van der Waals surface area contributed by atoms with Crippen molar-refractivity contribution in [1.82, 2.24) is 4.57 Å². The standard InChI is InChI=1S/C25H31N2/c1-6-23-17-26(24-11-7-21(8-12-24)15-19(2)3)18-27(23)25-13-9-22(10-14-25)16-20(4)5/h6-14,17-20H,1,15-16H2,2-5H3/q+1. The zero-order valence-electron chi connectivity index (χ0n) is 17.0. The molecule has 0 atom stereocenters. The summed E-state index contributed by atoms with van der Waals surface area (Å²) in [4.78, 5) is 0. The zero-order chi connectivity index (χ0) is 19.4. The molecular formula is C25H31N2+. The number of nitrogens with zero attached hydrogens (tertiary/aromatic N) is 2. The maximum Gasteiger partial charge on any atom is 0.254 e. The van der Waals surface area contributed by atoms with Crippen molar-refractivity contribution in [2.45, 2.75) is 40.5 Å². The normalized spacial score (nSPS) is 11.3. The largest absolute Gasteiger partial charge is 0.254 e. The lowest BCUT2D eigenvalue weighted by Crippen LogP contribution is -2.27. The molecule has 0 saturated heterocycles. The van der Waals surface area contributed by atoms with Crippen molar-refractivity contribution in [2.24, 2.45) is 11.8 Å². The van der Waals surface area contributed by atoms with E-state index in [0.717, 1.165) is 24.2 Å². The van der Waals surface area contributed by atoms with Gasteiger partial charge in [-0.05, 0) is 66.1 Å². The lowest BCUT2D eigenvalue weighted by atomic mass is 10.0. The van der Waals surface area contributed by atoms with E-state index in [1.54, 1.807) is 0 Å². The first-order valence-corrected chi connectivity index (χ1v) is 9.91. The van der Waals surface area contributed by atoms with Gasteiger partial charge in [-0.1, -0.05) is 58.5 Å². The molecule has 0 N–H and O–H groups in total. The SMILES string of the molecule is C=Cc1c[n+](-c2ccc(CC(C)C)cc2)cn1-c1ccc(CC(C)C)cc1. The van der Waals surface area contributed by atoms with E-state index in [9.17, 15) is 0 Å². The first kappa shape index (κ1) is 19.2. The number of aromatic nitrogens is 2. The number of imidazole rings is 1. The summed E-state index contributed by atoms with van der Waals surface area (Å²) in [7, 11) is 0. The molecule has 140 valence electrons. The Morgan fingerprint density at radius 3 is 1.85 bits per heavy atom. The second kappa shape index (κ2) is 8.39. The quantitative estimate of drug-likeness (QED) is 0.472. The summed E-state index contributed by atoms with van der Waals surface area (Å²) in [6.07, 6.45) is 8.40. The number of benzene rings is 2. The lowest BCUT2D eigenvalue weighted by Gasteiger charge is -2.05. The average Bonchev–Trinajstić information content (AvgIpc) is 3.06. The van der Waals surface area contributed by atoms with Crippen LogP contribution in [0, 0.1) is 11.8 Å². The molecule has 0 unspecified atom stereocenters. The Bertz CT molecular complexity index is 881. The molecule has 0 aliphatic carbocycles. The van der Waals surface area contributed by atoms with Gasteiger partial charge in [-0.25, -0.2) is 4.57 Å². The van der Waals surface area contributed by atoms with Crippen LogP contribution in [-0.4, -0.2) is 4.57 Å². The van der Waals surface area contributed by atoms with E-state index in [1.807, 2.05) is 6.08 Å². The molecule has 1 heterocycles. The second-order valence-electron chi connectivity index (χ2n) is 8.18. The van der Waals surface area contributed by atoms with E-state index in [0.29, 0.717) is 11.8 Å². The van der Waals surface area contributed by atoms with Crippen LogP contribution in [0.5, 0.6) is 0 Å². The fraction of sp³-hybridized carbons (Fsp3) is 0.320. The predicted molar refractivity (Wildman–Crippen MR) is 114 cm³/mol. The van der Waals surface area contributed by atoms with Gasteiger partial charge in [0.05, 0.1) is 0 Å². The molecule has 3 rings (SSSR count). The average molecular weight is 360 g/mol. The maximum absolute atomic E-state index is 3.99. The van der Waals surface area contributed by atoms with Crippen molar-refractivity contribution >= 4 is 6.08 Å². The molecule has 2 nitrogen and oxygen atoms in total. The van der Waals surface area contributed by atoms with Crippen molar-refractivity contribution in [3.05, 3.63) is 84.5 Å². The van der Waals surface area contributed by atoms with Crippen LogP contribution in [0.1, 0.15) is 44.5 Å². The molecular weight excluding hydrogens is 328 g/mol. The Balaban J connectivity index is 1.88. The van der Waals surface area contributed by atoms with E-state index in [-0.39, 0.29) is 0 Å². The third-order valence-corrected chi connectivity index (χ3v) is 4.74. The van der Waals surface area contributed by atoms with Gasteiger partial charge in [-0.3, -0.25) is 0 Å². The van der Waals surface area contributed by atoms with Gasteiger partial charge in [0.1, 0.15) is 17.6 Å². The highest BCUT2D eigenvalue weighted by atomic mass is 15.1. The predicted octanol–water partition coefficient (Wildman–Crippen LogP) is 5.79. The van der Waals surface area contributed by atoms with Crippen LogP contribution in [0.3, 0.4) is 0 Å². The number of rotatable bonds is 7. The molecule has 2 aromatic carbocycles. The molecule has 0 bridgehead atoms. The van der Waals surface area contributed by atoms with Crippen molar-refractivity contribution in [1.29, 1.82) is 0 Å². The summed E-state index contributed by atoms with van der Waals surface area (Å²) < 4.78 is 4.35. The minimum absolute atomic E-state index is 0.673. The fourth-order valence-electron chi connectivity index (χ4n) is 3.48. The monoisotopic (exact) mass is 359 g/mol. The molecule has 0 radical (unpaired) electrons. The number of hydrogen-bond acceptors (Lipinski definition) is 0. The Labute approximate surface area is 163 Å². The van der Waals surface area contributed by atoms with Crippen LogP contribution in [0.25, 0.3) is 17.5 Å². The summed E-state index contributed by atoms with van der Waals surface area (Å²) in [6.45, 7) is 13.0. The fourth-order valence-corrected chi connectivity index (χ4v) is 3.48. The van der Waals surface area contributed by atoms with E-state index in [4.69, 9.17) is 0 Å². The van der Waals surface area contributed by atoms with Crippen molar-refractivity contribution in [3.8, 4) is 11.4 Å². The highest BCUT2D eigenvalue weighted by molar-refractivity contribution is 5.47. The third kappa shape index (κ3) is 4.77. The van der Waals surface area contributed by atoms with E-state index in [1.165, 1.54) is 16.8 Å². The van der Waals surface area contributed by atoms with Gasteiger partial charge in [-0.15, -0.1) is 0 Å². The summed E-state index contributed by atoms with van der Waals surface area (Å²) in [5, 5.41) is 0. The topological polar surface area (TPSA) is 8.81 Å². The molecule has 2 heteroatoms.